The molecule has 2 heterocycles. The first-order valence-electron chi connectivity index (χ1n) is 8.98. The van der Waals surface area contributed by atoms with Gasteiger partial charge in [0.25, 0.3) is 5.91 Å². The summed E-state index contributed by atoms with van der Waals surface area (Å²) in [5, 5.41) is 5.12. The SMILES string of the molecule is Cc1nc(-c2ccccc2)sc1C(=O)NNC(=O)CCc1c(C)nn(C)c1C. The fraction of sp³-hybridized carbons (Fsp3) is 0.300. The minimum Gasteiger partial charge on any atom is -0.273 e. The molecule has 146 valence electrons. The number of benzene rings is 1. The third-order valence-electron chi connectivity index (χ3n) is 4.60. The van der Waals surface area contributed by atoms with Gasteiger partial charge in [-0.3, -0.25) is 25.1 Å². The molecule has 0 aliphatic heterocycles. The first-order chi connectivity index (χ1) is 13.4. The third kappa shape index (κ3) is 4.28. The summed E-state index contributed by atoms with van der Waals surface area (Å²) in [6.45, 7) is 5.69. The molecular weight excluding hydrogens is 374 g/mol. The summed E-state index contributed by atoms with van der Waals surface area (Å²) in [7, 11) is 1.88. The first-order valence-corrected chi connectivity index (χ1v) is 9.79. The van der Waals surface area contributed by atoms with Crippen LogP contribution in [0.15, 0.2) is 30.3 Å². The van der Waals surface area contributed by atoms with Gasteiger partial charge in [0, 0.05) is 24.7 Å². The van der Waals surface area contributed by atoms with E-state index >= 15 is 0 Å². The van der Waals surface area contributed by atoms with Gasteiger partial charge < -0.3 is 0 Å². The molecule has 3 rings (SSSR count). The molecule has 0 fully saturated rings. The minimum atomic E-state index is -0.362. The van der Waals surface area contributed by atoms with Gasteiger partial charge >= 0.3 is 0 Å². The van der Waals surface area contributed by atoms with Crippen LogP contribution in [0.25, 0.3) is 10.6 Å². The van der Waals surface area contributed by atoms with Gasteiger partial charge in [-0.1, -0.05) is 30.3 Å². The van der Waals surface area contributed by atoms with E-state index in [-0.39, 0.29) is 18.2 Å². The lowest BCUT2D eigenvalue weighted by Gasteiger charge is -2.07. The molecule has 0 saturated heterocycles. The molecule has 2 amide bonds. The molecule has 0 aliphatic carbocycles. The van der Waals surface area contributed by atoms with Gasteiger partial charge in [-0.15, -0.1) is 11.3 Å². The number of hydrogen-bond donors (Lipinski definition) is 2. The Bertz CT molecular complexity index is 1010. The number of aromatic nitrogens is 3. The van der Waals surface area contributed by atoms with Crippen LogP contribution in [0.1, 0.15) is 38.7 Å². The number of hydrazine groups is 1. The smallest absolute Gasteiger partial charge is 0.273 e. The average molecular weight is 398 g/mol. The van der Waals surface area contributed by atoms with Crippen LogP contribution < -0.4 is 10.9 Å². The number of carbonyl (C=O) groups excluding carboxylic acids is 2. The number of aryl methyl sites for hydroxylation is 3. The standard InChI is InChI=1S/C20H23N5O2S/c1-12-16(14(3)25(4)24-12)10-11-17(26)22-23-19(27)18-13(2)21-20(28-18)15-8-6-5-7-9-15/h5-9H,10-11H2,1-4H3,(H,22,26)(H,23,27). The maximum atomic E-state index is 12.4. The molecule has 1 aromatic carbocycles. The van der Waals surface area contributed by atoms with Crippen LogP contribution >= 0.6 is 11.3 Å². The number of nitrogens with zero attached hydrogens (tertiary/aromatic N) is 3. The molecule has 8 heteroatoms. The van der Waals surface area contributed by atoms with Crippen molar-refractivity contribution in [1.29, 1.82) is 0 Å². The zero-order chi connectivity index (χ0) is 20.3. The summed E-state index contributed by atoms with van der Waals surface area (Å²) in [5.74, 6) is -0.610. The quantitative estimate of drug-likeness (QED) is 0.648. The summed E-state index contributed by atoms with van der Waals surface area (Å²) < 4.78 is 1.81. The zero-order valence-electron chi connectivity index (χ0n) is 16.4. The first kappa shape index (κ1) is 19.8. The second-order valence-electron chi connectivity index (χ2n) is 6.57. The van der Waals surface area contributed by atoms with Crippen molar-refractivity contribution in [3.8, 4) is 10.6 Å². The maximum Gasteiger partial charge on any atom is 0.281 e. The van der Waals surface area contributed by atoms with E-state index in [4.69, 9.17) is 0 Å². The molecule has 0 atom stereocenters. The van der Waals surface area contributed by atoms with Crippen molar-refractivity contribution in [2.75, 3.05) is 0 Å². The fourth-order valence-corrected chi connectivity index (χ4v) is 3.94. The van der Waals surface area contributed by atoms with Gasteiger partial charge in [0.2, 0.25) is 5.91 Å². The number of thiazole rings is 1. The Labute approximate surface area is 167 Å². The van der Waals surface area contributed by atoms with Crippen molar-refractivity contribution < 1.29 is 9.59 Å². The van der Waals surface area contributed by atoms with E-state index in [1.807, 2.05) is 51.2 Å². The van der Waals surface area contributed by atoms with Gasteiger partial charge in [0.1, 0.15) is 9.88 Å². The van der Waals surface area contributed by atoms with Crippen LogP contribution in [-0.2, 0) is 18.3 Å². The Kier molecular flexibility index (Phi) is 5.89. The highest BCUT2D eigenvalue weighted by Crippen LogP contribution is 2.27. The fourth-order valence-electron chi connectivity index (χ4n) is 2.97. The summed E-state index contributed by atoms with van der Waals surface area (Å²) >= 11 is 1.30. The molecule has 0 aliphatic rings. The van der Waals surface area contributed by atoms with Crippen LogP contribution in [0.5, 0.6) is 0 Å². The number of carbonyl (C=O) groups is 2. The second kappa shape index (κ2) is 8.35. The van der Waals surface area contributed by atoms with Gasteiger partial charge in [-0.05, 0) is 32.8 Å². The summed E-state index contributed by atoms with van der Waals surface area (Å²) in [6, 6.07) is 9.69. The average Bonchev–Trinajstić information content (AvgIpc) is 3.18. The predicted octanol–water partition coefficient (Wildman–Crippen LogP) is 2.86. The number of amides is 2. The van der Waals surface area contributed by atoms with Crippen molar-refractivity contribution in [2.24, 2.45) is 7.05 Å². The highest BCUT2D eigenvalue weighted by Gasteiger charge is 2.17. The van der Waals surface area contributed by atoms with Crippen molar-refractivity contribution in [2.45, 2.75) is 33.6 Å². The summed E-state index contributed by atoms with van der Waals surface area (Å²) in [6.07, 6.45) is 0.843. The van der Waals surface area contributed by atoms with Gasteiger partial charge in [-0.25, -0.2) is 4.98 Å². The third-order valence-corrected chi connectivity index (χ3v) is 5.81. The lowest BCUT2D eigenvalue weighted by atomic mass is 10.1. The van der Waals surface area contributed by atoms with Crippen LogP contribution in [0, 0.1) is 20.8 Å². The van der Waals surface area contributed by atoms with Crippen molar-refractivity contribution in [1.82, 2.24) is 25.6 Å². The Morgan fingerprint density at radius 2 is 1.79 bits per heavy atom. The Morgan fingerprint density at radius 3 is 2.43 bits per heavy atom. The lowest BCUT2D eigenvalue weighted by Crippen LogP contribution is -2.41. The van der Waals surface area contributed by atoms with E-state index in [0.717, 1.165) is 27.5 Å². The van der Waals surface area contributed by atoms with E-state index in [9.17, 15) is 9.59 Å². The molecule has 7 nitrogen and oxygen atoms in total. The topological polar surface area (TPSA) is 88.9 Å². The largest absolute Gasteiger partial charge is 0.281 e. The Hall–Kier alpha value is -3.00. The molecule has 0 bridgehead atoms. The molecular formula is C20H23N5O2S. The van der Waals surface area contributed by atoms with E-state index in [1.54, 1.807) is 11.6 Å². The number of hydrogen-bond acceptors (Lipinski definition) is 5. The monoisotopic (exact) mass is 397 g/mol. The van der Waals surface area contributed by atoms with Gasteiger partial charge in [-0.2, -0.15) is 5.10 Å². The van der Waals surface area contributed by atoms with Crippen LogP contribution in [0.3, 0.4) is 0 Å². The van der Waals surface area contributed by atoms with E-state index < -0.39 is 0 Å². The van der Waals surface area contributed by atoms with E-state index in [0.29, 0.717) is 17.0 Å². The minimum absolute atomic E-state index is 0.249. The highest BCUT2D eigenvalue weighted by molar-refractivity contribution is 7.17. The number of nitrogens with one attached hydrogen (secondary N) is 2. The summed E-state index contributed by atoms with van der Waals surface area (Å²) in [5.41, 5.74) is 9.60. The van der Waals surface area contributed by atoms with Gasteiger partial charge in [0.05, 0.1) is 11.4 Å². The van der Waals surface area contributed by atoms with E-state index in [2.05, 4.69) is 20.9 Å². The summed E-state index contributed by atoms with van der Waals surface area (Å²) in [4.78, 5) is 29.5. The normalized spacial score (nSPS) is 10.7. The van der Waals surface area contributed by atoms with Crippen molar-refractivity contribution in [3.63, 3.8) is 0 Å². The van der Waals surface area contributed by atoms with Crippen LogP contribution in [-0.4, -0.2) is 26.6 Å². The molecule has 3 aromatic rings. The zero-order valence-corrected chi connectivity index (χ0v) is 17.2. The molecule has 2 N–H and O–H groups in total. The van der Waals surface area contributed by atoms with Crippen molar-refractivity contribution >= 4 is 23.2 Å². The molecule has 0 saturated carbocycles. The highest BCUT2D eigenvalue weighted by atomic mass is 32.1. The van der Waals surface area contributed by atoms with E-state index in [1.165, 1.54) is 11.3 Å². The number of rotatable bonds is 5. The predicted molar refractivity (Wildman–Crippen MR) is 109 cm³/mol. The van der Waals surface area contributed by atoms with Crippen LogP contribution in [0.4, 0.5) is 0 Å². The van der Waals surface area contributed by atoms with Crippen molar-refractivity contribution in [3.05, 3.63) is 57.9 Å². The molecule has 0 radical (unpaired) electrons. The second-order valence-corrected chi connectivity index (χ2v) is 7.57. The molecule has 28 heavy (non-hydrogen) atoms. The van der Waals surface area contributed by atoms with Gasteiger partial charge in [0.15, 0.2) is 0 Å². The molecule has 2 aromatic heterocycles. The molecule has 0 spiro atoms. The lowest BCUT2D eigenvalue weighted by molar-refractivity contribution is -0.121. The Morgan fingerprint density at radius 1 is 1.07 bits per heavy atom. The Balaban J connectivity index is 1.57. The molecule has 0 unspecified atom stereocenters. The van der Waals surface area contributed by atoms with Crippen LogP contribution in [0.2, 0.25) is 0 Å². The maximum absolute atomic E-state index is 12.4.